The second-order valence-corrected chi connectivity index (χ2v) is 4.58. The van der Waals surface area contributed by atoms with E-state index in [-0.39, 0.29) is 11.7 Å². The van der Waals surface area contributed by atoms with Gasteiger partial charge in [-0.15, -0.1) is 0 Å². The number of nitrogens with zero attached hydrogens (tertiary/aromatic N) is 2. The number of nitrogen functional groups attached to an aromatic ring is 1. The Morgan fingerprint density at radius 2 is 2.15 bits per heavy atom. The summed E-state index contributed by atoms with van der Waals surface area (Å²) in [6, 6.07) is 4.19. The summed E-state index contributed by atoms with van der Waals surface area (Å²) in [6.07, 6.45) is 0. The van der Waals surface area contributed by atoms with Crippen molar-refractivity contribution < 1.29 is 9.18 Å². The van der Waals surface area contributed by atoms with E-state index < -0.39 is 0 Å². The van der Waals surface area contributed by atoms with E-state index >= 15 is 0 Å². The van der Waals surface area contributed by atoms with Crippen molar-refractivity contribution in [2.45, 2.75) is 27.3 Å². The lowest BCUT2D eigenvalue weighted by atomic mass is 10.2. The summed E-state index contributed by atoms with van der Waals surface area (Å²) in [4.78, 5) is 12.3. The molecule has 1 aromatic carbocycles. The molecule has 1 heterocycles. The van der Waals surface area contributed by atoms with E-state index in [1.54, 1.807) is 18.5 Å². The predicted octanol–water partition coefficient (Wildman–Crippen LogP) is 2.49. The maximum atomic E-state index is 13.0. The molecule has 0 spiro atoms. The molecule has 0 saturated carbocycles. The number of hydrogen-bond donors (Lipinski definition) is 2. The molecule has 0 unspecified atom stereocenters. The smallest absolute Gasteiger partial charge is 0.276 e. The second kappa shape index (κ2) is 5.32. The molecule has 106 valence electrons. The van der Waals surface area contributed by atoms with Crippen LogP contribution in [0.5, 0.6) is 0 Å². The van der Waals surface area contributed by atoms with Gasteiger partial charge in [0.25, 0.3) is 5.91 Å². The van der Waals surface area contributed by atoms with E-state index in [1.165, 1.54) is 18.2 Å². The zero-order chi connectivity index (χ0) is 14.9. The van der Waals surface area contributed by atoms with Gasteiger partial charge in [0.15, 0.2) is 0 Å². The van der Waals surface area contributed by atoms with Gasteiger partial charge in [-0.3, -0.25) is 9.48 Å². The first-order valence-corrected chi connectivity index (χ1v) is 6.34. The highest BCUT2D eigenvalue weighted by Crippen LogP contribution is 2.20. The summed E-state index contributed by atoms with van der Waals surface area (Å²) in [5.74, 6) is -0.686. The molecule has 0 aliphatic carbocycles. The molecule has 3 N–H and O–H groups in total. The number of anilines is 2. The number of benzene rings is 1. The summed E-state index contributed by atoms with van der Waals surface area (Å²) < 4.78 is 14.6. The van der Waals surface area contributed by atoms with Crippen LogP contribution in [0.25, 0.3) is 0 Å². The number of amides is 1. The maximum absolute atomic E-state index is 13.0. The monoisotopic (exact) mass is 276 g/mol. The Morgan fingerprint density at radius 3 is 2.75 bits per heavy atom. The minimum atomic E-state index is -0.348. The first-order valence-electron chi connectivity index (χ1n) is 6.34. The average Bonchev–Trinajstić information content (AvgIpc) is 2.68. The van der Waals surface area contributed by atoms with Crippen LogP contribution in [0, 0.1) is 19.7 Å². The van der Waals surface area contributed by atoms with Crippen molar-refractivity contribution in [1.29, 1.82) is 0 Å². The van der Waals surface area contributed by atoms with Gasteiger partial charge in [-0.25, -0.2) is 4.39 Å². The first-order chi connectivity index (χ1) is 9.43. The molecule has 6 heteroatoms. The number of halogens is 1. The fourth-order valence-electron chi connectivity index (χ4n) is 2.01. The van der Waals surface area contributed by atoms with Gasteiger partial charge in [-0.05, 0) is 44.5 Å². The highest BCUT2D eigenvalue weighted by atomic mass is 19.1. The quantitative estimate of drug-likeness (QED) is 0.904. The Balaban J connectivity index is 2.33. The van der Waals surface area contributed by atoms with Gasteiger partial charge >= 0.3 is 0 Å². The number of nitrogens with one attached hydrogen (secondary N) is 1. The summed E-state index contributed by atoms with van der Waals surface area (Å²) in [5.41, 5.74) is 8.40. The lowest BCUT2D eigenvalue weighted by molar-refractivity contribution is 0.101. The fourth-order valence-corrected chi connectivity index (χ4v) is 2.01. The van der Waals surface area contributed by atoms with Crippen molar-refractivity contribution in [2.24, 2.45) is 0 Å². The Kier molecular flexibility index (Phi) is 3.74. The zero-order valence-corrected chi connectivity index (χ0v) is 11.7. The van der Waals surface area contributed by atoms with E-state index in [9.17, 15) is 9.18 Å². The lowest BCUT2D eigenvalue weighted by Crippen LogP contribution is -2.19. The Hall–Kier alpha value is -2.37. The number of aromatic nitrogens is 2. The van der Waals surface area contributed by atoms with Crippen molar-refractivity contribution in [2.75, 3.05) is 11.1 Å². The molecular formula is C14H17FN4O. The van der Waals surface area contributed by atoms with Gasteiger partial charge in [0.2, 0.25) is 0 Å². The van der Waals surface area contributed by atoms with E-state index in [0.29, 0.717) is 34.9 Å². The molecular weight excluding hydrogens is 259 g/mol. The molecule has 0 aliphatic rings. The Labute approximate surface area is 116 Å². The van der Waals surface area contributed by atoms with Crippen molar-refractivity contribution in [3.8, 4) is 0 Å². The van der Waals surface area contributed by atoms with Crippen molar-refractivity contribution >= 4 is 17.3 Å². The SMILES string of the molecule is CCn1nc(C)c(N)c1C(=O)Nc1ccc(F)cc1C. The minimum absolute atomic E-state index is 0.328. The zero-order valence-electron chi connectivity index (χ0n) is 11.7. The van der Waals surface area contributed by atoms with Crippen molar-refractivity contribution in [1.82, 2.24) is 9.78 Å². The van der Waals surface area contributed by atoms with Crippen LogP contribution in [-0.4, -0.2) is 15.7 Å². The summed E-state index contributed by atoms with van der Waals surface area (Å²) in [7, 11) is 0. The third-order valence-electron chi connectivity index (χ3n) is 3.12. The molecule has 0 atom stereocenters. The fraction of sp³-hybridized carbons (Fsp3) is 0.286. The molecule has 0 fully saturated rings. The third kappa shape index (κ3) is 2.49. The Bertz CT molecular complexity index is 663. The molecule has 1 amide bonds. The molecule has 0 aliphatic heterocycles. The van der Waals surface area contributed by atoms with Gasteiger partial charge in [0.05, 0.1) is 11.4 Å². The third-order valence-corrected chi connectivity index (χ3v) is 3.12. The predicted molar refractivity (Wildman–Crippen MR) is 76.1 cm³/mol. The summed E-state index contributed by atoms with van der Waals surface area (Å²) in [5, 5.41) is 6.93. The second-order valence-electron chi connectivity index (χ2n) is 4.58. The van der Waals surface area contributed by atoms with E-state index in [0.717, 1.165) is 0 Å². The number of nitrogens with two attached hydrogens (primary N) is 1. The van der Waals surface area contributed by atoms with E-state index in [1.807, 2.05) is 6.92 Å². The van der Waals surface area contributed by atoms with E-state index in [4.69, 9.17) is 5.73 Å². The Morgan fingerprint density at radius 1 is 1.45 bits per heavy atom. The van der Waals surface area contributed by atoms with Crippen molar-refractivity contribution in [3.05, 3.63) is 41.0 Å². The topological polar surface area (TPSA) is 72.9 Å². The molecule has 0 bridgehead atoms. The van der Waals surface area contributed by atoms with Crippen LogP contribution in [0.1, 0.15) is 28.7 Å². The normalized spacial score (nSPS) is 10.6. The number of hydrogen-bond acceptors (Lipinski definition) is 3. The lowest BCUT2D eigenvalue weighted by Gasteiger charge is -2.10. The van der Waals surface area contributed by atoms with Gasteiger partial charge in [0.1, 0.15) is 11.5 Å². The van der Waals surface area contributed by atoms with Crippen molar-refractivity contribution in [3.63, 3.8) is 0 Å². The van der Waals surface area contributed by atoms with Gasteiger partial charge in [-0.2, -0.15) is 5.10 Å². The highest BCUT2D eigenvalue weighted by Gasteiger charge is 2.19. The highest BCUT2D eigenvalue weighted by molar-refractivity contribution is 6.07. The molecule has 2 aromatic rings. The van der Waals surface area contributed by atoms with Crippen LogP contribution >= 0.6 is 0 Å². The largest absolute Gasteiger partial charge is 0.395 e. The molecule has 2 rings (SSSR count). The van der Waals surface area contributed by atoms with Crippen LogP contribution in [0.4, 0.5) is 15.8 Å². The maximum Gasteiger partial charge on any atom is 0.276 e. The van der Waals surface area contributed by atoms with Crippen LogP contribution in [-0.2, 0) is 6.54 Å². The first kappa shape index (κ1) is 14.0. The molecule has 0 saturated heterocycles. The molecule has 5 nitrogen and oxygen atoms in total. The van der Waals surface area contributed by atoms with Crippen LogP contribution in [0.2, 0.25) is 0 Å². The molecule has 0 radical (unpaired) electrons. The van der Waals surface area contributed by atoms with Crippen LogP contribution in [0.15, 0.2) is 18.2 Å². The number of carbonyl (C=O) groups is 1. The summed E-state index contributed by atoms with van der Waals surface area (Å²) >= 11 is 0. The number of aryl methyl sites for hydroxylation is 3. The summed E-state index contributed by atoms with van der Waals surface area (Å²) in [6.45, 7) is 5.90. The van der Waals surface area contributed by atoms with Crippen LogP contribution in [0.3, 0.4) is 0 Å². The standard InChI is InChI=1S/C14H17FN4O/c1-4-19-13(12(16)9(3)18-19)14(20)17-11-6-5-10(15)7-8(11)2/h5-7H,4,16H2,1-3H3,(H,17,20). The molecule has 20 heavy (non-hydrogen) atoms. The van der Waals surface area contributed by atoms with Gasteiger partial charge < -0.3 is 11.1 Å². The number of rotatable bonds is 3. The van der Waals surface area contributed by atoms with E-state index in [2.05, 4.69) is 10.4 Å². The number of carbonyl (C=O) groups excluding carboxylic acids is 1. The average molecular weight is 276 g/mol. The van der Waals surface area contributed by atoms with Gasteiger partial charge in [0, 0.05) is 12.2 Å². The van der Waals surface area contributed by atoms with Gasteiger partial charge in [-0.1, -0.05) is 0 Å². The van der Waals surface area contributed by atoms with Crippen LogP contribution < -0.4 is 11.1 Å². The molecule has 1 aromatic heterocycles. The minimum Gasteiger partial charge on any atom is -0.395 e.